The van der Waals surface area contributed by atoms with Crippen molar-refractivity contribution in [1.82, 2.24) is 14.9 Å². The Hall–Kier alpha value is -2.88. The number of nitrogens with zero attached hydrogens (tertiary/aromatic N) is 2. The first-order chi connectivity index (χ1) is 13.8. The van der Waals surface area contributed by atoms with Crippen LogP contribution in [0.2, 0.25) is 0 Å². The molecule has 2 heterocycles. The summed E-state index contributed by atoms with van der Waals surface area (Å²) >= 11 is 0. The number of fused-ring (bicyclic) bond motifs is 2. The van der Waals surface area contributed by atoms with E-state index >= 15 is 0 Å². The molecular formula is C24H25N3O. The molecule has 0 saturated heterocycles. The van der Waals surface area contributed by atoms with Crippen molar-refractivity contribution in [2.45, 2.75) is 45.2 Å². The van der Waals surface area contributed by atoms with Crippen LogP contribution >= 0.6 is 0 Å². The van der Waals surface area contributed by atoms with E-state index in [2.05, 4.69) is 64.6 Å². The van der Waals surface area contributed by atoms with E-state index in [0.29, 0.717) is 6.54 Å². The Kier molecular flexibility index (Phi) is 4.47. The highest BCUT2D eigenvalue weighted by Crippen LogP contribution is 2.26. The van der Waals surface area contributed by atoms with Crippen molar-refractivity contribution >= 4 is 5.91 Å². The topological polar surface area (TPSA) is 46.9 Å². The zero-order valence-electron chi connectivity index (χ0n) is 16.0. The summed E-state index contributed by atoms with van der Waals surface area (Å²) in [5, 5.41) is 3.15. The van der Waals surface area contributed by atoms with Crippen LogP contribution in [0.1, 0.15) is 35.4 Å². The lowest BCUT2D eigenvalue weighted by molar-refractivity contribution is -0.125. The summed E-state index contributed by atoms with van der Waals surface area (Å²) in [6.45, 7) is 1.64. The number of rotatable bonds is 4. The largest absolute Gasteiger partial charge is 0.352 e. The summed E-state index contributed by atoms with van der Waals surface area (Å²) in [6, 6.07) is 16.9. The van der Waals surface area contributed by atoms with Gasteiger partial charge in [0.05, 0.1) is 5.69 Å². The van der Waals surface area contributed by atoms with E-state index in [4.69, 9.17) is 4.98 Å². The predicted molar refractivity (Wildman–Crippen MR) is 110 cm³/mol. The number of hydrogen-bond donors (Lipinski definition) is 1. The second-order valence-electron chi connectivity index (χ2n) is 7.97. The van der Waals surface area contributed by atoms with Crippen LogP contribution in [0.3, 0.4) is 0 Å². The minimum Gasteiger partial charge on any atom is -0.352 e. The molecule has 5 rings (SSSR count). The van der Waals surface area contributed by atoms with Gasteiger partial charge in [-0.3, -0.25) is 4.79 Å². The highest BCUT2D eigenvalue weighted by molar-refractivity contribution is 5.79. The number of imidazole rings is 1. The van der Waals surface area contributed by atoms with Crippen molar-refractivity contribution in [2.24, 2.45) is 5.92 Å². The monoisotopic (exact) mass is 371 g/mol. The van der Waals surface area contributed by atoms with Crippen LogP contribution in [-0.2, 0) is 37.1 Å². The molecule has 4 heteroatoms. The first kappa shape index (κ1) is 17.2. The summed E-state index contributed by atoms with van der Waals surface area (Å²) < 4.78 is 2.25. The van der Waals surface area contributed by atoms with Crippen molar-refractivity contribution < 1.29 is 4.79 Å². The first-order valence-electron chi connectivity index (χ1n) is 10.3. The molecule has 0 bridgehead atoms. The molecule has 0 fully saturated rings. The molecule has 1 unspecified atom stereocenters. The fraction of sp³-hybridized carbons (Fsp3) is 0.333. The van der Waals surface area contributed by atoms with Crippen LogP contribution < -0.4 is 5.32 Å². The van der Waals surface area contributed by atoms with E-state index in [1.165, 1.54) is 23.4 Å². The summed E-state index contributed by atoms with van der Waals surface area (Å²) in [4.78, 5) is 17.5. The second-order valence-corrected chi connectivity index (χ2v) is 7.97. The summed E-state index contributed by atoms with van der Waals surface area (Å²) in [6.07, 6.45) is 7.19. The number of aromatic nitrogens is 2. The van der Waals surface area contributed by atoms with Gasteiger partial charge in [0.1, 0.15) is 5.82 Å². The van der Waals surface area contributed by atoms with Gasteiger partial charge in [-0.15, -0.1) is 0 Å². The zero-order chi connectivity index (χ0) is 18.9. The third-order valence-corrected chi connectivity index (χ3v) is 6.07. The van der Waals surface area contributed by atoms with E-state index in [1.54, 1.807) is 0 Å². The summed E-state index contributed by atoms with van der Waals surface area (Å²) in [7, 11) is 0. The van der Waals surface area contributed by atoms with Gasteiger partial charge in [0, 0.05) is 37.2 Å². The SMILES string of the molecule is O=C(NCc1cccc(-c2cn3c(n2)CCC3)c1)C1CCc2ccccc2C1. The molecular weight excluding hydrogens is 346 g/mol. The molecule has 3 aromatic rings. The fourth-order valence-electron chi connectivity index (χ4n) is 4.49. The molecule has 1 aliphatic heterocycles. The van der Waals surface area contributed by atoms with Gasteiger partial charge in [0.25, 0.3) is 0 Å². The molecule has 4 nitrogen and oxygen atoms in total. The number of amides is 1. The number of nitrogens with one attached hydrogen (secondary N) is 1. The maximum atomic E-state index is 12.7. The lowest BCUT2D eigenvalue weighted by Gasteiger charge is -2.23. The van der Waals surface area contributed by atoms with Crippen molar-refractivity contribution in [3.8, 4) is 11.3 Å². The third-order valence-electron chi connectivity index (χ3n) is 6.07. The molecule has 1 aromatic heterocycles. The summed E-state index contributed by atoms with van der Waals surface area (Å²) in [5.74, 6) is 1.43. The molecule has 1 atom stereocenters. The number of carbonyl (C=O) groups excluding carboxylic acids is 1. The fourth-order valence-corrected chi connectivity index (χ4v) is 4.49. The third kappa shape index (κ3) is 3.35. The number of aryl methyl sites for hydroxylation is 3. The maximum Gasteiger partial charge on any atom is 0.223 e. The van der Waals surface area contributed by atoms with Gasteiger partial charge >= 0.3 is 0 Å². The van der Waals surface area contributed by atoms with Gasteiger partial charge in [-0.05, 0) is 48.4 Å². The van der Waals surface area contributed by atoms with Crippen LogP contribution in [0.5, 0.6) is 0 Å². The van der Waals surface area contributed by atoms with Gasteiger partial charge in [0.2, 0.25) is 5.91 Å². The van der Waals surface area contributed by atoms with Crippen LogP contribution in [0.25, 0.3) is 11.3 Å². The van der Waals surface area contributed by atoms with E-state index in [0.717, 1.165) is 49.0 Å². The van der Waals surface area contributed by atoms with E-state index in [9.17, 15) is 4.79 Å². The summed E-state index contributed by atoms with van der Waals surface area (Å²) in [5.41, 5.74) is 6.00. The second kappa shape index (κ2) is 7.27. The minimum absolute atomic E-state index is 0.0780. The average molecular weight is 371 g/mol. The highest BCUT2D eigenvalue weighted by atomic mass is 16.1. The van der Waals surface area contributed by atoms with E-state index in [-0.39, 0.29) is 11.8 Å². The Morgan fingerprint density at radius 2 is 2.00 bits per heavy atom. The number of benzene rings is 2. The van der Waals surface area contributed by atoms with Crippen molar-refractivity contribution in [3.05, 3.63) is 77.2 Å². The highest BCUT2D eigenvalue weighted by Gasteiger charge is 2.24. The molecule has 0 saturated carbocycles. The zero-order valence-corrected chi connectivity index (χ0v) is 16.0. The molecule has 2 aromatic carbocycles. The Labute approximate surface area is 165 Å². The van der Waals surface area contributed by atoms with Crippen LogP contribution in [0, 0.1) is 5.92 Å². The predicted octanol–water partition coefficient (Wildman–Crippen LogP) is 3.92. The van der Waals surface area contributed by atoms with Gasteiger partial charge in [-0.25, -0.2) is 4.98 Å². The Morgan fingerprint density at radius 3 is 2.89 bits per heavy atom. The van der Waals surface area contributed by atoms with Gasteiger partial charge in [0.15, 0.2) is 0 Å². The molecule has 1 amide bonds. The lowest BCUT2D eigenvalue weighted by Crippen LogP contribution is -2.33. The molecule has 28 heavy (non-hydrogen) atoms. The maximum absolute atomic E-state index is 12.7. The normalized spacial score (nSPS) is 17.8. The van der Waals surface area contributed by atoms with Gasteiger partial charge < -0.3 is 9.88 Å². The average Bonchev–Trinajstić information content (AvgIpc) is 3.34. The molecule has 142 valence electrons. The Morgan fingerprint density at radius 1 is 1.11 bits per heavy atom. The molecule has 1 N–H and O–H groups in total. The Bertz CT molecular complexity index is 999. The van der Waals surface area contributed by atoms with E-state index < -0.39 is 0 Å². The number of hydrogen-bond acceptors (Lipinski definition) is 2. The Balaban J connectivity index is 1.24. The first-order valence-corrected chi connectivity index (χ1v) is 10.3. The minimum atomic E-state index is 0.0780. The quantitative estimate of drug-likeness (QED) is 0.756. The molecule has 0 spiro atoms. The van der Waals surface area contributed by atoms with Crippen LogP contribution in [-0.4, -0.2) is 15.5 Å². The van der Waals surface area contributed by atoms with Crippen molar-refractivity contribution in [1.29, 1.82) is 0 Å². The van der Waals surface area contributed by atoms with Crippen LogP contribution in [0.4, 0.5) is 0 Å². The van der Waals surface area contributed by atoms with Gasteiger partial charge in [-0.2, -0.15) is 0 Å². The van der Waals surface area contributed by atoms with Gasteiger partial charge in [-0.1, -0.05) is 42.5 Å². The van der Waals surface area contributed by atoms with Crippen molar-refractivity contribution in [2.75, 3.05) is 0 Å². The van der Waals surface area contributed by atoms with E-state index in [1.807, 2.05) is 0 Å². The lowest BCUT2D eigenvalue weighted by atomic mass is 9.83. The standard InChI is InChI=1S/C24H25N3O/c28-24(21-11-10-18-6-1-2-7-19(18)14-21)25-15-17-5-3-8-20(13-17)22-16-27-12-4-9-23(27)26-22/h1-3,5-8,13,16,21H,4,9-12,14-15H2,(H,25,28). The van der Waals surface area contributed by atoms with Crippen molar-refractivity contribution in [3.63, 3.8) is 0 Å². The molecule has 1 aliphatic carbocycles. The van der Waals surface area contributed by atoms with Crippen LogP contribution in [0.15, 0.2) is 54.7 Å². The molecule has 2 aliphatic rings. The number of carbonyl (C=O) groups is 1. The molecule has 0 radical (unpaired) electrons. The smallest absolute Gasteiger partial charge is 0.223 e.